The molecule has 0 saturated carbocycles. The average Bonchev–Trinajstić information content (AvgIpc) is 3.21. The molecule has 1 aliphatic rings. The Kier molecular flexibility index (Phi) is 37.0. The normalized spacial score (nSPS) is 21.0. The predicted octanol–water partition coefficient (Wildman–Crippen LogP) is 10.5. The van der Waals surface area contributed by atoms with E-state index in [-0.39, 0.29) is 12.5 Å². The molecule has 9 nitrogen and oxygen atoms in total. The number of carbonyl (C=O) groups is 1. The Labute approximate surface area is 350 Å². The molecule has 0 aliphatic carbocycles. The third-order valence-corrected chi connectivity index (χ3v) is 11.9. The summed E-state index contributed by atoms with van der Waals surface area (Å²) in [5.41, 5.74) is 0. The number of rotatable bonds is 41. The van der Waals surface area contributed by atoms with E-state index in [1.807, 2.05) is 0 Å². The Morgan fingerprint density at radius 1 is 0.579 bits per heavy atom. The lowest BCUT2D eigenvalue weighted by Gasteiger charge is -2.40. The smallest absolute Gasteiger partial charge is 0.220 e. The summed E-state index contributed by atoms with van der Waals surface area (Å²) >= 11 is 0. The molecule has 0 aromatic heterocycles. The summed E-state index contributed by atoms with van der Waals surface area (Å²) in [6, 6.07) is -0.714. The highest BCUT2D eigenvalue weighted by Gasteiger charge is 2.44. The van der Waals surface area contributed by atoms with Gasteiger partial charge in [-0.25, -0.2) is 0 Å². The van der Waals surface area contributed by atoms with Crippen LogP contribution in [-0.2, 0) is 14.3 Å². The molecule has 1 heterocycles. The highest BCUT2D eigenvalue weighted by atomic mass is 16.7. The van der Waals surface area contributed by atoms with Crippen molar-refractivity contribution in [2.75, 3.05) is 13.2 Å². The summed E-state index contributed by atoms with van der Waals surface area (Å²) in [5, 5.41) is 54.4. The van der Waals surface area contributed by atoms with Gasteiger partial charge in [0, 0.05) is 6.42 Å². The van der Waals surface area contributed by atoms with Crippen molar-refractivity contribution in [3.8, 4) is 0 Å². The van der Waals surface area contributed by atoms with Crippen LogP contribution in [0.1, 0.15) is 232 Å². The molecule has 7 atom stereocenters. The highest BCUT2D eigenvalue weighted by Crippen LogP contribution is 2.23. The molecule has 0 bridgehead atoms. The number of unbranched alkanes of at least 4 members (excludes halogenated alkanes) is 29. The van der Waals surface area contributed by atoms with Gasteiger partial charge in [-0.3, -0.25) is 4.79 Å². The fourth-order valence-corrected chi connectivity index (χ4v) is 7.92. The van der Waals surface area contributed by atoms with Crippen LogP contribution in [0.15, 0.2) is 12.2 Å². The van der Waals surface area contributed by atoms with Crippen LogP contribution in [0.4, 0.5) is 0 Å². The molecule has 2 unspecified atom stereocenters. The van der Waals surface area contributed by atoms with Crippen molar-refractivity contribution >= 4 is 5.91 Å². The van der Waals surface area contributed by atoms with E-state index in [2.05, 4.69) is 31.3 Å². The first-order valence-corrected chi connectivity index (χ1v) is 24.4. The Hall–Kier alpha value is -1.07. The van der Waals surface area contributed by atoms with Gasteiger partial charge in [0.15, 0.2) is 6.29 Å². The summed E-state index contributed by atoms with van der Waals surface area (Å²) in [6.07, 6.45) is 37.9. The maximum Gasteiger partial charge on any atom is 0.220 e. The maximum atomic E-state index is 13.0. The monoisotopic (exact) mass is 812 g/mol. The lowest BCUT2D eigenvalue weighted by molar-refractivity contribution is -0.302. The van der Waals surface area contributed by atoms with Crippen LogP contribution in [0.25, 0.3) is 0 Å². The molecule has 6 N–H and O–H groups in total. The Bertz CT molecular complexity index is 904. The zero-order valence-electron chi connectivity index (χ0n) is 37.1. The van der Waals surface area contributed by atoms with Crippen molar-refractivity contribution in [1.82, 2.24) is 5.32 Å². The van der Waals surface area contributed by atoms with Crippen molar-refractivity contribution in [3.63, 3.8) is 0 Å². The van der Waals surface area contributed by atoms with Crippen LogP contribution in [0.5, 0.6) is 0 Å². The van der Waals surface area contributed by atoms with E-state index in [1.165, 1.54) is 167 Å². The van der Waals surface area contributed by atoms with Crippen LogP contribution in [0.3, 0.4) is 0 Å². The number of allylic oxidation sites excluding steroid dienone is 2. The van der Waals surface area contributed by atoms with E-state index in [0.29, 0.717) is 12.8 Å². The van der Waals surface area contributed by atoms with Gasteiger partial charge in [0.25, 0.3) is 0 Å². The Balaban J connectivity index is 2.26. The average molecular weight is 812 g/mol. The van der Waals surface area contributed by atoms with E-state index in [0.717, 1.165) is 38.5 Å². The molecule has 0 spiro atoms. The van der Waals surface area contributed by atoms with Crippen LogP contribution in [0, 0.1) is 0 Å². The van der Waals surface area contributed by atoms with Gasteiger partial charge in [0.05, 0.1) is 25.4 Å². The molecule has 1 amide bonds. The van der Waals surface area contributed by atoms with Gasteiger partial charge in [-0.15, -0.1) is 0 Å². The number of amides is 1. The topological polar surface area (TPSA) is 149 Å². The van der Waals surface area contributed by atoms with Gasteiger partial charge in [-0.05, 0) is 38.5 Å². The zero-order chi connectivity index (χ0) is 41.6. The first-order valence-electron chi connectivity index (χ1n) is 24.4. The fraction of sp³-hybridized carbons (Fsp3) is 0.938. The SMILES string of the molecule is CCCCCCCC/C=C\CCCCCCCCCCCCCC(=O)NC(CO[C@@H]1O[C@H](CO)[C@@H](O)[C@H](O)[C@H]1O)C(O)CCCCCCCCCCCCCCC. The second kappa shape index (κ2) is 39.1. The van der Waals surface area contributed by atoms with E-state index in [1.54, 1.807) is 0 Å². The second-order valence-electron chi connectivity index (χ2n) is 17.3. The summed E-state index contributed by atoms with van der Waals surface area (Å²) in [6.45, 7) is 3.84. The third-order valence-electron chi connectivity index (χ3n) is 11.9. The van der Waals surface area contributed by atoms with E-state index in [4.69, 9.17) is 9.47 Å². The number of ether oxygens (including phenoxy) is 2. The maximum absolute atomic E-state index is 13.0. The standard InChI is InChI=1S/C48H93NO8/c1-3-5-7-9-11-13-15-17-18-19-20-21-22-23-24-26-28-30-32-34-36-38-44(52)49-41(40-56-48-47(55)46(54)45(53)43(39-50)57-48)42(51)37-35-33-31-29-27-25-16-14-12-10-8-6-4-2/h17-18,41-43,45-48,50-51,53-55H,3-16,19-40H2,1-2H3,(H,49,52)/b18-17-/t41?,42?,43-,45-,46+,47-,48-/m1/s1. The number of hydrogen-bond donors (Lipinski definition) is 6. The zero-order valence-corrected chi connectivity index (χ0v) is 37.1. The van der Waals surface area contributed by atoms with Crippen LogP contribution in [-0.4, -0.2) is 87.5 Å². The fourth-order valence-electron chi connectivity index (χ4n) is 7.92. The summed E-state index contributed by atoms with van der Waals surface area (Å²) in [4.78, 5) is 13.0. The minimum Gasteiger partial charge on any atom is -0.394 e. The molecule has 338 valence electrons. The molecule has 1 aliphatic heterocycles. The quantitative estimate of drug-likeness (QED) is 0.0264. The van der Waals surface area contributed by atoms with Crippen LogP contribution < -0.4 is 5.32 Å². The van der Waals surface area contributed by atoms with Crippen molar-refractivity contribution < 1.29 is 39.8 Å². The van der Waals surface area contributed by atoms with Crippen molar-refractivity contribution in [1.29, 1.82) is 0 Å². The molecule has 9 heteroatoms. The lowest BCUT2D eigenvalue weighted by Crippen LogP contribution is -2.60. The summed E-state index contributed by atoms with van der Waals surface area (Å²) < 4.78 is 11.3. The van der Waals surface area contributed by atoms with Gasteiger partial charge < -0.3 is 40.3 Å². The second-order valence-corrected chi connectivity index (χ2v) is 17.3. The number of aliphatic hydroxyl groups is 5. The number of nitrogens with one attached hydrogen (secondary N) is 1. The largest absolute Gasteiger partial charge is 0.394 e. The van der Waals surface area contributed by atoms with Crippen LogP contribution >= 0.6 is 0 Å². The third kappa shape index (κ3) is 29.7. The number of carbonyl (C=O) groups excluding carboxylic acids is 1. The van der Waals surface area contributed by atoms with Gasteiger partial charge in [-0.2, -0.15) is 0 Å². The van der Waals surface area contributed by atoms with E-state index in [9.17, 15) is 30.3 Å². The highest BCUT2D eigenvalue weighted by molar-refractivity contribution is 5.76. The molecule has 57 heavy (non-hydrogen) atoms. The minimum atomic E-state index is -1.55. The predicted molar refractivity (Wildman–Crippen MR) is 235 cm³/mol. The molecular formula is C48H93NO8. The van der Waals surface area contributed by atoms with Gasteiger partial charge in [-0.1, -0.05) is 199 Å². The van der Waals surface area contributed by atoms with Crippen molar-refractivity contribution in [2.24, 2.45) is 0 Å². The molecule has 0 aromatic carbocycles. The minimum absolute atomic E-state index is 0.135. The van der Waals surface area contributed by atoms with E-state index < -0.39 is 49.5 Å². The summed E-state index contributed by atoms with van der Waals surface area (Å²) in [5.74, 6) is -0.143. The molecule has 0 radical (unpaired) electrons. The molecule has 0 aromatic rings. The number of aliphatic hydroxyl groups excluding tert-OH is 5. The van der Waals surface area contributed by atoms with Gasteiger partial charge in [0.2, 0.25) is 5.91 Å². The number of hydrogen-bond acceptors (Lipinski definition) is 8. The molecule has 1 saturated heterocycles. The van der Waals surface area contributed by atoms with E-state index >= 15 is 0 Å². The first-order chi connectivity index (χ1) is 27.8. The van der Waals surface area contributed by atoms with Gasteiger partial charge >= 0.3 is 0 Å². The van der Waals surface area contributed by atoms with Crippen LogP contribution in [0.2, 0.25) is 0 Å². The van der Waals surface area contributed by atoms with Crippen molar-refractivity contribution in [2.45, 2.75) is 275 Å². The Morgan fingerprint density at radius 2 is 0.982 bits per heavy atom. The molecule has 1 rings (SSSR count). The molecule has 1 fully saturated rings. The molecular weight excluding hydrogens is 719 g/mol. The lowest BCUT2D eigenvalue weighted by atomic mass is 9.99. The Morgan fingerprint density at radius 3 is 1.42 bits per heavy atom. The first kappa shape index (κ1) is 53.9. The van der Waals surface area contributed by atoms with Gasteiger partial charge in [0.1, 0.15) is 24.4 Å². The van der Waals surface area contributed by atoms with Crippen molar-refractivity contribution in [3.05, 3.63) is 12.2 Å². The summed E-state index contributed by atoms with van der Waals surface area (Å²) in [7, 11) is 0.